The average molecular weight is 399 g/mol. The molecular weight excluding hydrogens is 383 g/mol. The largest absolute Gasteiger partial charge is 0.416 e. The summed E-state index contributed by atoms with van der Waals surface area (Å²) >= 11 is 0. The van der Waals surface area contributed by atoms with Gasteiger partial charge in [0.1, 0.15) is 5.56 Å². The van der Waals surface area contributed by atoms with Crippen LogP contribution in [-0.4, -0.2) is 14.7 Å². The summed E-state index contributed by atoms with van der Waals surface area (Å²) in [5.41, 5.74) is 0.996. The van der Waals surface area contributed by atoms with Crippen LogP contribution in [0.2, 0.25) is 0 Å². The van der Waals surface area contributed by atoms with Crippen molar-refractivity contribution in [3.05, 3.63) is 70.0 Å². The standard InChI is InChI=1S/C21H16F3N3O2/c1-3-27-11-16(18(28)15-9-12(2)7-8-17(15)27)20-25-19(26-29-20)13-5-4-6-14(10-13)21(22,23)24/h4-11H,3H2,1-2H3. The molecule has 0 aliphatic rings. The molecule has 2 heterocycles. The van der Waals surface area contributed by atoms with Gasteiger partial charge in [0, 0.05) is 23.7 Å². The summed E-state index contributed by atoms with van der Waals surface area (Å²) in [5.74, 6) is -0.0501. The Morgan fingerprint density at radius 3 is 2.66 bits per heavy atom. The molecule has 0 unspecified atom stereocenters. The van der Waals surface area contributed by atoms with Gasteiger partial charge in [-0.15, -0.1) is 0 Å². The zero-order valence-electron chi connectivity index (χ0n) is 15.6. The summed E-state index contributed by atoms with van der Waals surface area (Å²) < 4.78 is 46.0. The molecule has 0 radical (unpaired) electrons. The molecule has 0 fully saturated rings. The van der Waals surface area contributed by atoms with E-state index in [1.165, 1.54) is 12.1 Å². The van der Waals surface area contributed by atoms with E-state index in [2.05, 4.69) is 10.1 Å². The third-order valence-corrected chi connectivity index (χ3v) is 4.68. The van der Waals surface area contributed by atoms with Crippen LogP contribution in [0.4, 0.5) is 13.2 Å². The summed E-state index contributed by atoms with van der Waals surface area (Å²) in [6.07, 6.45) is -2.85. The Morgan fingerprint density at radius 2 is 1.93 bits per heavy atom. The van der Waals surface area contributed by atoms with Gasteiger partial charge in [-0.05, 0) is 38.1 Å². The SMILES string of the molecule is CCn1cc(-c2nc(-c3cccc(C(F)(F)F)c3)no2)c(=O)c2cc(C)ccc21. The number of halogens is 3. The van der Waals surface area contributed by atoms with Gasteiger partial charge in [0.15, 0.2) is 0 Å². The van der Waals surface area contributed by atoms with Crippen LogP contribution in [0.3, 0.4) is 0 Å². The molecule has 29 heavy (non-hydrogen) atoms. The van der Waals surface area contributed by atoms with Crippen molar-refractivity contribution in [3.8, 4) is 22.8 Å². The molecule has 2 aromatic carbocycles. The minimum Gasteiger partial charge on any atom is -0.347 e. The van der Waals surface area contributed by atoms with E-state index in [1.807, 2.05) is 30.5 Å². The lowest BCUT2D eigenvalue weighted by Crippen LogP contribution is -2.12. The van der Waals surface area contributed by atoms with Crippen molar-refractivity contribution in [2.24, 2.45) is 0 Å². The van der Waals surface area contributed by atoms with Crippen molar-refractivity contribution >= 4 is 10.9 Å². The Kier molecular flexibility index (Phi) is 4.49. The van der Waals surface area contributed by atoms with Gasteiger partial charge in [0.2, 0.25) is 11.3 Å². The maximum absolute atomic E-state index is 13.0. The predicted octanol–water partition coefficient (Wildman–Crippen LogP) is 5.07. The number of hydrogen-bond acceptors (Lipinski definition) is 4. The summed E-state index contributed by atoms with van der Waals surface area (Å²) in [5, 5.41) is 4.30. The average Bonchev–Trinajstić information content (AvgIpc) is 3.18. The maximum atomic E-state index is 13.0. The molecular formula is C21H16F3N3O2. The number of nitrogens with zero attached hydrogens (tertiary/aromatic N) is 3. The van der Waals surface area contributed by atoms with Gasteiger partial charge in [-0.1, -0.05) is 28.9 Å². The van der Waals surface area contributed by atoms with Crippen LogP contribution in [0, 0.1) is 6.92 Å². The smallest absolute Gasteiger partial charge is 0.347 e. The number of alkyl halides is 3. The van der Waals surface area contributed by atoms with E-state index in [1.54, 1.807) is 12.3 Å². The van der Waals surface area contributed by atoms with Crippen molar-refractivity contribution in [1.29, 1.82) is 0 Å². The number of rotatable bonds is 3. The summed E-state index contributed by atoms with van der Waals surface area (Å²) in [6, 6.07) is 10.2. The molecule has 0 saturated heterocycles. The minimum absolute atomic E-state index is 0.0158. The third kappa shape index (κ3) is 3.41. The molecule has 0 saturated carbocycles. The van der Waals surface area contributed by atoms with E-state index in [0.29, 0.717) is 11.9 Å². The highest BCUT2D eigenvalue weighted by Gasteiger charge is 2.31. The van der Waals surface area contributed by atoms with E-state index < -0.39 is 11.7 Å². The van der Waals surface area contributed by atoms with Gasteiger partial charge in [-0.3, -0.25) is 4.79 Å². The van der Waals surface area contributed by atoms with Crippen molar-refractivity contribution in [2.75, 3.05) is 0 Å². The van der Waals surface area contributed by atoms with Crippen molar-refractivity contribution in [2.45, 2.75) is 26.6 Å². The first kappa shape index (κ1) is 18.9. The van der Waals surface area contributed by atoms with E-state index in [4.69, 9.17) is 4.52 Å². The Labute approximate surface area is 163 Å². The fourth-order valence-corrected chi connectivity index (χ4v) is 3.21. The van der Waals surface area contributed by atoms with Gasteiger partial charge in [0.05, 0.1) is 11.1 Å². The topological polar surface area (TPSA) is 60.9 Å². The van der Waals surface area contributed by atoms with Crippen LogP contribution in [0.15, 0.2) is 58.0 Å². The van der Waals surface area contributed by atoms with Gasteiger partial charge in [-0.25, -0.2) is 0 Å². The van der Waals surface area contributed by atoms with E-state index in [0.717, 1.165) is 23.2 Å². The normalized spacial score (nSPS) is 11.9. The summed E-state index contributed by atoms with van der Waals surface area (Å²) in [7, 11) is 0. The van der Waals surface area contributed by atoms with Gasteiger partial charge >= 0.3 is 6.18 Å². The van der Waals surface area contributed by atoms with Gasteiger partial charge in [0.25, 0.3) is 5.89 Å². The fraction of sp³-hybridized carbons (Fsp3) is 0.190. The first-order chi connectivity index (χ1) is 13.8. The minimum atomic E-state index is -4.48. The van der Waals surface area contributed by atoms with Crippen molar-refractivity contribution < 1.29 is 17.7 Å². The fourth-order valence-electron chi connectivity index (χ4n) is 3.21. The van der Waals surface area contributed by atoms with Gasteiger partial charge in [-0.2, -0.15) is 18.2 Å². The Hall–Kier alpha value is -3.42. The highest BCUT2D eigenvalue weighted by atomic mass is 19.4. The van der Waals surface area contributed by atoms with Crippen LogP contribution in [-0.2, 0) is 12.7 Å². The first-order valence-corrected chi connectivity index (χ1v) is 8.93. The molecule has 4 aromatic rings. The highest BCUT2D eigenvalue weighted by molar-refractivity contribution is 5.83. The molecule has 8 heteroatoms. The number of aromatic nitrogens is 3. The summed E-state index contributed by atoms with van der Waals surface area (Å²) in [6.45, 7) is 4.44. The second kappa shape index (κ2) is 6.88. The molecule has 0 bridgehead atoms. The Balaban J connectivity index is 1.84. The monoisotopic (exact) mass is 399 g/mol. The van der Waals surface area contributed by atoms with Crippen LogP contribution >= 0.6 is 0 Å². The number of hydrogen-bond donors (Lipinski definition) is 0. The molecule has 4 rings (SSSR count). The Morgan fingerprint density at radius 1 is 1.14 bits per heavy atom. The molecule has 0 aliphatic heterocycles. The zero-order chi connectivity index (χ0) is 20.8. The Bertz CT molecular complexity index is 1270. The van der Waals surface area contributed by atoms with Crippen LogP contribution in [0.1, 0.15) is 18.1 Å². The predicted molar refractivity (Wildman–Crippen MR) is 102 cm³/mol. The molecule has 148 valence electrons. The van der Waals surface area contributed by atoms with Gasteiger partial charge < -0.3 is 9.09 Å². The second-order valence-corrected chi connectivity index (χ2v) is 6.68. The quantitative estimate of drug-likeness (QED) is 0.483. The van der Waals surface area contributed by atoms with E-state index in [9.17, 15) is 18.0 Å². The van der Waals surface area contributed by atoms with E-state index >= 15 is 0 Å². The molecule has 0 N–H and O–H groups in total. The highest BCUT2D eigenvalue weighted by Crippen LogP contribution is 2.32. The lowest BCUT2D eigenvalue weighted by molar-refractivity contribution is -0.137. The second-order valence-electron chi connectivity index (χ2n) is 6.68. The molecule has 2 aromatic heterocycles. The molecule has 0 atom stereocenters. The number of pyridine rings is 1. The zero-order valence-corrected chi connectivity index (χ0v) is 15.6. The van der Waals surface area contributed by atoms with Crippen LogP contribution < -0.4 is 5.43 Å². The van der Waals surface area contributed by atoms with E-state index in [-0.39, 0.29) is 28.3 Å². The van der Waals surface area contributed by atoms with Crippen molar-refractivity contribution in [3.63, 3.8) is 0 Å². The van der Waals surface area contributed by atoms with Crippen LogP contribution in [0.25, 0.3) is 33.7 Å². The number of benzene rings is 2. The first-order valence-electron chi connectivity index (χ1n) is 8.93. The molecule has 0 amide bonds. The maximum Gasteiger partial charge on any atom is 0.416 e. The number of aryl methyl sites for hydroxylation is 2. The lowest BCUT2D eigenvalue weighted by atomic mass is 10.1. The third-order valence-electron chi connectivity index (χ3n) is 4.68. The van der Waals surface area contributed by atoms with Crippen molar-refractivity contribution in [1.82, 2.24) is 14.7 Å². The number of fused-ring (bicyclic) bond motifs is 1. The molecule has 5 nitrogen and oxygen atoms in total. The summed E-state index contributed by atoms with van der Waals surface area (Å²) in [4.78, 5) is 17.2. The molecule has 0 spiro atoms. The lowest BCUT2D eigenvalue weighted by Gasteiger charge is -2.10. The van der Waals surface area contributed by atoms with Crippen LogP contribution in [0.5, 0.6) is 0 Å². The molecule has 0 aliphatic carbocycles.